The number of methoxy groups -OCH3 is 1. The maximum atomic E-state index is 12.3. The zero-order valence-electron chi connectivity index (χ0n) is 22.1. The Balaban J connectivity index is 1.15. The van der Waals surface area contributed by atoms with E-state index in [1.807, 2.05) is 13.8 Å². The van der Waals surface area contributed by atoms with Crippen molar-refractivity contribution in [3.63, 3.8) is 0 Å². The minimum atomic E-state index is -1.10. The SMILES string of the molecule is CO[C@@H]1C[C@H](O[C@H]2CC[C@@]3(C)C(CCC4C3CC[C@]35COC(C)(O)[C@H]3CC[C@]45O)C2)O[C@@H](C)[C@@H]1N. The van der Waals surface area contributed by atoms with Gasteiger partial charge in [0.15, 0.2) is 12.1 Å². The molecule has 2 saturated heterocycles. The molecule has 4 N–H and O–H groups in total. The molecule has 0 aromatic rings. The van der Waals surface area contributed by atoms with Gasteiger partial charge in [-0.25, -0.2) is 0 Å². The first-order chi connectivity index (χ1) is 16.5. The molecule has 7 nitrogen and oxygen atoms in total. The van der Waals surface area contributed by atoms with Crippen LogP contribution in [0.4, 0.5) is 0 Å². The molecule has 2 aliphatic heterocycles. The van der Waals surface area contributed by atoms with Crippen molar-refractivity contribution in [3.05, 3.63) is 0 Å². The van der Waals surface area contributed by atoms with Gasteiger partial charge in [0.1, 0.15) is 0 Å². The fraction of sp³-hybridized carbons (Fsp3) is 1.00. The summed E-state index contributed by atoms with van der Waals surface area (Å²) in [4.78, 5) is 0. The van der Waals surface area contributed by atoms with E-state index in [0.717, 1.165) is 57.8 Å². The topological polar surface area (TPSA) is 103 Å². The number of aliphatic hydroxyl groups is 2. The molecular weight excluding hydrogens is 446 g/mol. The smallest absolute Gasteiger partial charge is 0.166 e. The fourth-order valence-electron chi connectivity index (χ4n) is 10.2. The number of fused-ring (bicyclic) bond motifs is 4. The Kier molecular flexibility index (Phi) is 5.98. The summed E-state index contributed by atoms with van der Waals surface area (Å²) >= 11 is 0. The van der Waals surface area contributed by atoms with Crippen molar-refractivity contribution in [2.24, 2.45) is 40.2 Å². The third-order valence-electron chi connectivity index (χ3n) is 12.2. The van der Waals surface area contributed by atoms with E-state index in [2.05, 4.69) is 6.92 Å². The average Bonchev–Trinajstić information content (AvgIpc) is 3.28. The molecule has 0 aromatic heterocycles. The van der Waals surface area contributed by atoms with Crippen LogP contribution in [-0.2, 0) is 18.9 Å². The third kappa shape index (κ3) is 3.48. The van der Waals surface area contributed by atoms with E-state index in [1.54, 1.807) is 7.11 Å². The molecule has 2 heterocycles. The molecule has 1 spiro atoms. The Hall–Kier alpha value is -0.280. The van der Waals surface area contributed by atoms with E-state index < -0.39 is 11.4 Å². The lowest BCUT2D eigenvalue weighted by Crippen LogP contribution is -2.63. The first-order valence-electron chi connectivity index (χ1n) is 14.2. The number of ether oxygens (including phenoxy) is 4. The molecule has 0 radical (unpaired) electrons. The Bertz CT molecular complexity index is 823. The predicted molar refractivity (Wildman–Crippen MR) is 130 cm³/mol. The first-order valence-corrected chi connectivity index (χ1v) is 14.2. The van der Waals surface area contributed by atoms with Crippen molar-refractivity contribution in [1.82, 2.24) is 0 Å². The van der Waals surface area contributed by atoms with Crippen molar-refractivity contribution in [1.29, 1.82) is 0 Å². The maximum Gasteiger partial charge on any atom is 0.166 e. The second-order valence-corrected chi connectivity index (χ2v) is 13.4. The monoisotopic (exact) mass is 493 g/mol. The largest absolute Gasteiger partial charge is 0.389 e. The van der Waals surface area contributed by atoms with Gasteiger partial charge in [0, 0.05) is 24.9 Å². The van der Waals surface area contributed by atoms with Crippen molar-refractivity contribution in [2.75, 3.05) is 13.7 Å². The maximum absolute atomic E-state index is 12.3. The molecule has 4 unspecified atom stereocenters. The summed E-state index contributed by atoms with van der Waals surface area (Å²) < 4.78 is 24.2. The number of rotatable bonds is 3. The van der Waals surface area contributed by atoms with Crippen LogP contribution in [0.5, 0.6) is 0 Å². The molecule has 200 valence electrons. The molecule has 0 amide bonds. The summed E-state index contributed by atoms with van der Waals surface area (Å²) in [6.07, 6.45) is 9.80. The molecule has 7 heteroatoms. The van der Waals surface area contributed by atoms with Gasteiger partial charge < -0.3 is 34.9 Å². The number of nitrogens with two attached hydrogens (primary N) is 1. The standard InChI is InChI=1S/C28H47NO6/c1-16-24(29)21(32-4)14-23(34-16)35-18-7-10-25(2)17(13-18)5-6-20-19(25)8-11-27-15-33-26(3,30)22(27)9-12-28(20,27)31/h16-24,30-31H,5-15,29H2,1-4H3/t16-,17?,18-,19?,20?,21+,22+,23-,24-,25-,26?,27-,28-/m0/s1. The molecule has 0 bridgehead atoms. The lowest BCUT2D eigenvalue weighted by molar-refractivity contribution is -0.255. The minimum absolute atomic E-state index is 0.0288. The van der Waals surface area contributed by atoms with Gasteiger partial charge in [-0.3, -0.25) is 0 Å². The molecule has 13 atom stereocenters. The Morgan fingerprint density at radius 3 is 2.51 bits per heavy atom. The molecule has 6 fully saturated rings. The zero-order valence-corrected chi connectivity index (χ0v) is 22.1. The van der Waals surface area contributed by atoms with E-state index in [9.17, 15) is 10.2 Å². The van der Waals surface area contributed by atoms with Crippen LogP contribution in [0.3, 0.4) is 0 Å². The van der Waals surface area contributed by atoms with Gasteiger partial charge in [-0.2, -0.15) is 0 Å². The van der Waals surface area contributed by atoms with Crippen LogP contribution in [0.15, 0.2) is 0 Å². The molecule has 4 saturated carbocycles. The van der Waals surface area contributed by atoms with Gasteiger partial charge >= 0.3 is 0 Å². The van der Waals surface area contributed by atoms with Gasteiger partial charge in [0.05, 0.1) is 36.6 Å². The number of hydrogen-bond acceptors (Lipinski definition) is 7. The van der Waals surface area contributed by atoms with Crippen LogP contribution in [0.2, 0.25) is 0 Å². The van der Waals surface area contributed by atoms with Crippen LogP contribution in [0.25, 0.3) is 0 Å². The van der Waals surface area contributed by atoms with Gasteiger partial charge in [-0.05, 0) is 94.8 Å². The molecule has 4 aliphatic carbocycles. The molecule has 0 aromatic carbocycles. The van der Waals surface area contributed by atoms with Crippen molar-refractivity contribution < 1.29 is 29.2 Å². The summed E-state index contributed by atoms with van der Waals surface area (Å²) in [5.41, 5.74) is 5.50. The average molecular weight is 494 g/mol. The minimum Gasteiger partial charge on any atom is -0.389 e. The van der Waals surface area contributed by atoms with Crippen LogP contribution in [0.1, 0.15) is 85.0 Å². The highest BCUT2D eigenvalue weighted by molar-refractivity contribution is 5.21. The Morgan fingerprint density at radius 1 is 0.943 bits per heavy atom. The van der Waals surface area contributed by atoms with Gasteiger partial charge in [0.25, 0.3) is 0 Å². The summed E-state index contributed by atoms with van der Waals surface area (Å²) in [7, 11) is 1.72. The predicted octanol–water partition coefficient (Wildman–Crippen LogP) is 3.34. The molecule has 6 rings (SSSR count). The van der Waals surface area contributed by atoms with Gasteiger partial charge in [-0.15, -0.1) is 0 Å². The zero-order chi connectivity index (χ0) is 24.8. The van der Waals surface area contributed by atoms with Crippen LogP contribution in [-0.4, -0.2) is 66.0 Å². The molecular formula is C28H47NO6. The van der Waals surface area contributed by atoms with Gasteiger partial charge in [0.2, 0.25) is 0 Å². The van der Waals surface area contributed by atoms with Crippen molar-refractivity contribution in [2.45, 2.75) is 127 Å². The normalized spacial score (nSPS) is 59.9. The highest BCUT2D eigenvalue weighted by Gasteiger charge is 2.74. The summed E-state index contributed by atoms with van der Waals surface area (Å²) in [6.45, 7) is 6.82. The van der Waals surface area contributed by atoms with E-state index in [-0.39, 0.29) is 47.4 Å². The first kappa shape index (κ1) is 25.0. The summed E-state index contributed by atoms with van der Waals surface area (Å²) in [5, 5.41) is 23.2. The van der Waals surface area contributed by atoms with Crippen molar-refractivity contribution >= 4 is 0 Å². The van der Waals surface area contributed by atoms with Crippen LogP contribution < -0.4 is 5.73 Å². The van der Waals surface area contributed by atoms with E-state index in [4.69, 9.17) is 24.7 Å². The van der Waals surface area contributed by atoms with Gasteiger partial charge in [-0.1, -0.05) is 6.92 Å². The molecule has 6 aliphatic rings. The third-order valence-corrected chi connectivity index (χ3v) is 12.2. The summed E-state index contributed by atoms with van der Waals surface area (Å²) in [5.74, 6) is 0.408. The van der Waals surface area contributed by atoms with Crippen LogP contribution >= 0.6 is 0 Å². The van der Waals surface area contributed by atoms with Crippen molar-refractivity contribution in [3.8, 4) is 0 Å². The summed E-state index contributed by atoms with van der Waals surface area (Å²) in [6, 6.07) is -0.116. The van der Waals surface area contributed by atoms with Crippen LogP contribution in [0, 0.1) is 34.5 Å². The van der Waals surface area contributed by atoms with E-state index in [1.165, 1.54) is 0 Å². The lowest BCUT2D eigenvalue weighted by atomic mass is 9.43. The lowest BCUT2D eigenvalue weighted by Gasteiger charge is -2.63. The highest BCUT2D eigenvalue weighted by atomic mass is 16.7. The van der Waals surface area contributed by atoms with E-state index >= 15 is 0 Å². The second-order valence-electron chi connectivity index (χ2n) is 13.4. The molecule has 35 heavy (non-hydrogen) atoms. The number of hydrogen-bond donors (Lipinski definition) is 3. The highest BCUT2D eigenvalue weighted by Crippen LogP contribution is 2.72. The van der Waals surface area contributed by atoms with E-state index in [0.29, 0.717) is 30.8 Å². The Morgan fingerprint density at radius 2 is 1.74 bits per heavy atom. The second kappa shape index (κ2) is 8.36. The fourth-order valence-corrected chi connectivity index (χ4v) is 10.2. The quantitative estimate of drug-likeness (QED) is 0.518. The Labute approximate surface area is 210 Å².